The van der Waals surface area contributed by atoms with Crippen molar-refractivity contribution in [3.63, 3.8) is 0 Å². The second-order valence-electron chi connectivity index (χ2n) is 5.02. The zero-order valence-electron chi connectivity index (χ0n) is 12.8. The molecule has 0 atom stereocenters. The summed E-state index contributed by atoms with van der Waals surface area (Å²) in [5.74, 6) is -0.109. The maximum absolute atomic E-state index is 11.2. The van der Waals surface area contributed by atoms with Gasteiger partial charge in [0.2, 0.25) is 0 Å². The highest BCUT2D eigenvalue weighted by molar-refractivity contribution is 5.70. The molecule has 0 fully saturated rings. The zero-order valence-corrected chi connectivity index (χ0v) is 12.8. The van der Waals surface area contributed by atoms with Gasteiger partial charge in [-0.3, -0.25) is 9.59 Å². The van der Waals surface area contributed by atoms with Crippen LogP contribution in [0.1, 0.15) is 33.3 Å². The Bertz CT molecular complexity index is 546. The predicted octanol–water partition coefficient (Wildman–Crippen LogP) is 3.02. The zero-order chi connectivity index (χ0) is 16.0. The van der Waals surface area contributed by atoms with Crippen molar-refractivity contribution >= 4 is 11.9 Å². The van der Waals surface area contributed by atoms with Crippen molar-refractivity contribution in [3.05, 3.63) is 36.4 Å². The molecule has 0 aliphatic heterocycles. The molecule has 21 heavy (non-hydrogen) atoms. The van der Waals surface area contributed by atoms with Gasteiger partial charge in [0.25, 0.3) is 0 Å². The van der Waals surface area contributed by atoms with Crippen LogP contribution in [0.2, 0.25) is 0 Å². The summed E-state index contributed by atoms with van der Waals surface area (Å²) in [6.45, 7) is 9.96. The first-order valence-corrected chi connectivity index (χ1v) is 6.51. The summed E-state index contributed by atoms with van der Waals surface area (Å²) in [5.41, 5.74) is -0.113. The lowest BCUT2D eigenvalue weighted by Crippen LogP contribution is -2.25. The first kappa shape index (κ1) is 16.8. The molecule has 0 saturated heterocycles. The minimum atomic E-state index is -0.611. The van der Waals surface area contributed by atoms with Gasteiger partial charge in [0, 0.05) is 13.8 Å². The third-order valence-corrected chi connectivity index (χ3v) is 2.63. The molecule has 0 aliphatic rings. The Morgan fingerprint density at radius 1 is 1.19 bits per heavy atom. The fraction of sp³-hybridized carbons (Fsp3) is 0.375. The molecule has 0 bridgehead atoms. The van der Waals surface area contributed by atoms with Gasteiger partial charge in [-0.2, -0.15) is 0 Å². The number of carbonyl (C=O) groups is 2. The van der Waals surface area contributed by atoms with E-state index in [0.717, 1.165) is 0 Å². The SMILES string of the molecule is C=CC(C)(C)Oc1cccc(OC(C)=O)c1COC(C)=O. The number of esters is 2. The van der Waals surface area contributed by atoms with E-state index in [4.69, 9.17) is 14.2 Å². The maximum Gasteiger partial charge on any atom is 0.308 e. The van der Waals surface area contributed by atoms with Gasteiger partial charge in [-0.15, -0.1) is 0 Å². The van der Waals surface area contributed by atoms with Crippen LogP contribution in [0.5, 0.6) is 11.5 Å². The largest absolute Gasteiger partial charge is 0.483 e. The van der Waals surface area contributed by atoms with Gasteiger partial charge >= 0.3 is 11.9 Å². The minimum Gasteiger partial charge on any atom is -0.483 e. The lowest BCUT2D eigenvalue weighted by atomic mass is 10.1. The van der Waals surface area contributed by atoms with Crippen LogP contribution in [0.15, 0.2) is 30.9 Å². The number of rotatable bonds is 6. The number of hydrogen-bond acceptors (Lipinski definition) is 5. The monoisotopic (exact) mass is 292 g/mol. The number of carbonyl (C=O) groups excluding carboxylic acids is 2. The van der Waals surface area contributed by atoms with Crippen LogP contribution in [-0.2, 0) is 20.9 Å². The van der Waals surface area contributed by atoms with Gasteiger partial charge in [0.05, 0.1) is 5.56 Å². The third-order valence-electron chi connectivity index (χ3n) is 2.63. The fourth-order valence-corrected chi connectivity index (χ4v) is 1.53. The van der Waals surface area contributed by atoms with Crippen LogP contribution in [0.25, 0.3) is 0 Å². The van der Waals surface area contributed by atoms with Crippen LogP contribution >= 0.6 is 0 Å². The molecule has 114 valence electrons. The topological polar surface area (TPSA) is 61.8 Å². The lowest BCUT2D eigenvalue weighted by Gasteiger charge is -2.24. The van der Waals surface area contributed by atoms with E-state index in [9.17, 15) is 9.59 Å². The maximum atomic E-state index is 11.2. The van der Waals surface area contributed by atoms with E-state index < -0.39 is 17.5 Å². The second-order valence-corrected chi connectivity index (χ2v) is 5.02. The highest BCUT2D eigenvalue weighted by Crippen LogP contribution is 2.32. The Balaban J connectivity index is 3.17. The molecule has 0 N–H and O–H groups in total. The smallest absolute Gasteiger partial charge is 0.308 e. The average Bonchev–Trinajstić information content (AvgIpc) is 2.36. The molecule has 0 aromatic heterocycles. The summed E-state index contributed by atoms with van der Waals surface area (Å²) in [4.78, 5) is 22.2. The Hall–Kier alpha value is -2.30. The van der Waals surface area contributed by atoms with Crippen molar-refractivity contribution < 1.29 is 23.8 Å². The van der Waals surface area contributed by atoms with E-state index in [1.54, 1.807) is 24.3 Å². The molecule has 5 heteroatoms. The first-order chi connectivity index (χ1) is 9.75. The normalized spacial score (nSPS) is 10.7. The Morgan fingerprint density at radius 2 is 1.81 bits per heavy atom. The van der Waals surface area contributed by atoms with Gasteiger partial charge in [-0.25, -0.2) is 0 Å². The molecule has 0 unspecified atom stereocenters. The van der Waals surface area contributed by atoms with E-state index in [0.29, 0.717) is 17.1 Å². The summed E-state index contributed by atoms with van der Waals surface area (Å²) in [6.07, 6.45) is 1.65. The number of hydrogen-bond donors (Lipinski definition) is 0. The molecular formula is C16H20O5. The van der Waals surface area contributed by atoms with Crippen LogP contribution in [0.4, 0.5) is 0 Å². The molecule has 5 nitrogen and oxygen atoms in total. The summed E-state index contributed by atoms with van der Waals surface area (Å²) in [5, 5.41) is 0. The van der Waals surface area contributed by atoms with Gasteiger partial charge in [0.1, 0.15) is 23.7 Å². The molecule has 0 aliphatic carbocycles. The van der Waals surface area contributed by atoms with Crippen molar-refractivity contribution in [2.75, 3.05) is 0 Å². The minimum absolute atomic E-state index is 0.0403. The molecule has 0 saturated carbocycles. The molecule has 0 amide bonds. The highest BCUT2D eigenvalue weighted by Gasteiger charge is 2.20. The fourth-order valence-electron chi connectivity index (χ4n) is 1.53. The first-order valence-electron chi connectivity index (χ1n) is 6.51. The van der Waals surface area contributed by atoms with Crippen molar-refractivity contribution in [2.24, 2.45) is 0 Å². The number of benzene rings is 1. The van der Waals surface area contributed by atoms with Crippen LogP contribution < -0.4 is 9.47 Å². The lowest BCUT2D eigenvalue weighted by molar-refractivity contribution is -0.142. The standard InChI is InChI=1S/C16H20O5/c1-6-16(4,5)21-15-9-7-8-14(20-12(3)18)13(15)10-19-11(2)17/h6-9H,1,10H2,2-5H3. The quantitative estimate of drug-likeness (QED) is 0.458. The van der Waals surface area contributed by atoms with Crippen LogP contribution in [0, 0.1) is 0 Å². The Labute approximate surface area is 124 Å². The Kier molecular flexibility index (Phi) is 5.52. The van der Waals surface area contributed by atoms with Gasteiger partial charge < -0.3 is 14.2 Å². The van der Waals surface area contributed by atoms with Crippen molar-refractivity contribution in [2.45, 2.75) is 39.9 Å². The van der Waals surface area contributed by atoms with E-state index in [-0.39, 0.29) is 6.61 Å². The predicted molar refractivity (Wildman–Crippen MR) is 78.1 cm³/mol. The van der Waals surface area contributed by atoms with Crippen molar-refractivity contribution in [3.8, 4) is 11.5 Å². The van der Waals surface area contributed by atoms with E-state index >= 15 is 0 Å². The molecule has 1 rings (SSSR count). The van der Waals surface area contributed by atoms with E-state index in [1.165, 1.54) is 13.8 Å². The molecule has 0 spiro atoms. The van der Waals surface area contributed by atoms with E-state index in [1.807, 2.05) is 13.8 Å². The van der Waals surface area contributed by atoms with Crippen molar-refractivity contribution in [1.29, 1.82) is 0 Å². The Morgan fingerprint density at radius 3 is 2.33 bits per heavy atom. The molecular weight excluding hydrogens is 272 g/mol. The molecule has 1 aromatic carbocycles. The van der Waals surface area contributed by atoms with Gasteiger partial charge in [0.15, 0.2) is 0 Å². The van der Waals surface area contributed by atoms with Gasteiger partial charge in [-0.1, -0.05) is 12.6 Å². The summed E-state index contributed by atoms with van der Waals surface area (Å²) < 4.78 is 16.0. The summed E-state index contributed by atoms with van der Waals surface area (Å²) in [6, 6.07) is 5.04. The van der Waals surface area contributed by atoms with Crippen LogP contribution in [-0.4, -0.2) is 17.5 Å². The average molecular weight is 292 g/mol. The van der Waals surface area contributed by atoms with Crippen LogP contribution in [0.3, 0.4) is 0 Å². The van der Waals surface area contributed by atoms with Crippen molar-refractivity contribution in [1.82, 2.24) is 0 Å². The third kappa shape index (κ3) is 5.30. The molecule has 0 heterocycles. The summed E-state index contributed by atoms with van der Waals surface area (Å²) >= 11 is 0. The summed E-state index contributed by atoms with van der Waals surface area (Å²) in [7, 11) is 0. The van der Waals surface area contributed by atoms with E-state index in [2.05, 4.69) is 6.58 Å². The highest BCUT2D eigenvalue weighted by atomic mass is 16.5. The molecule has 0 radical (unpaired) electrons. The van der Waals surface area contributed by atoms with Gasteiger partial charge in [-0.05, 0) is 32.1 Å². The molecule has 1 aromatic rings. The second kappa shape index (κ2) is 6.92. The number of ether oxygens (including phenoxy) is 3.